The van der Waals surface area contributed by atoms with Gasteiger partial charge in [0.1, 0.15) is 12.7 Å². The first-order valence-corrected chi connectivity index (χ1v) is 22.5. The van der Waals surface area contributed by atoms with E-state index in [0.717, 1.165) is 38.5 Å². The topological polar surface area (TPSA) is 169 Å². The monoisotopic (exact) mass is 811 g/mol. The van der Waals surface area contributed by atoms with Gasteiger partial charge in [-0.25, -0.2) is 4.57 Å². The summed E-state index contributed by atoms with van der Waals surface area (Å²) in [6, 6.07) is 0. The average Bonchev–Trinajstić information content (AvgIpc) is 3.18. The number of esters is 2. The summed E-state index contributed by atoms with van der Waals surface area (Å²) in [4.78, 5) is 34.9. The van der Waals surface area contributed by atoms with E-state index in [1.165, 1.54) is 51.4 Å². The summed E-state index contributed by atoms with van der Waals surface area (Å²) in [7, 11) is -4.65. The molecular weight excluding hydrogens is 735 g/mol. The largest absolute Gasteiger partial charge is 0.472 e. The first kappa shape index (κ1) is 53.4. The van der Waals surface area contributed by atoms with E-state index in [4.69, 9.17) is 19.1 Å². The van der Waals surface area contributed by atoms with Gasteiger partial charge in [-0.15, -0.1) is 0 Å². The second-order valence-electron chi connectivity index (χ2n) is 13.8. The predicted octanol–water partition coefficient (Wildman–Crippen LogP) is 9.86. The molecule has 4 N–H and O–H groups in total. The highest BCUT2D eigenvalue weighted by molar-refractivity contribution is 7.47. The van der Waals surface area contributed by atoms with Crippen LogP contribution in [0.15, 0.2) is 72.9 Å². The van der Waals surface area contributed by atoms with Crippen molar-refractivity contribution in [3.05, 3.63) is 72.9 Å². The third-order valence-corrected chi connectivity index (χ3v) is 9.38. The van der Waals surface area contributed by atoms with Crippen molar-refractivity contribution < 1.29 is 52.9 Å². The summed E-state index contributed by atoms with van der Waals surface area (Å²) >= 11 is 0. The zero-order chi connectivity index (χ0) is 41.4. The second-order valence-corrected chi connectivity index (χ2v) is 15.3. The molecule has 0 saturated heterocycles. The van der Waals surface area contributed by atoms with Gasteiger partial charge in [0.05, 0.1) is 25.9 Å². The standard InChI is InChI=1S/C44H75O11P/c1-3-5-7-9-11-12-13-14-15-16-17-18-22-26-30-34-43(48)52-38-42(39-54-56(50,51)53-37-41(47)36-45)55-44(49)35-31-27-23-20-19-21-25-29-33-40(46)32-28-24-10-8-6-4-2/h6,8,12-13,20-21,23-25,28-29,33,40-42,45-47H,3-5,7,9-11,14-19,22,26-27,30-32,34-39H2,1-2H3,(H,50,51)/b8-6-,13-12-,23-20-,25-21-,28-24-,33-29+/t40?,41-,42+/m0/s1. The second kappa shape index (κ2) is 39.2. The first-order valence-electron chi connectivity index (χ1n) is 21.0. The van der Waals surface area contributed by atoms with E-state index in [-0.39, 0.29) is 19.4 Å². The minimum Gasteiger partial charge on any atom is -0.462 e. The van der Waals surface area contributed by atoms with Gasteiger partial charge in [-0.05, 0) is 70.6 Å². The molecule has 0 aromatic carbocycles. The van der Waals surface area contributed by atoms with Crippen LogP contribution in [-0.2, 0) is 32.7 Å². The number of aliphatic hydroxyl groups is 3. The molecule has 0 radical (unpaired) electrons. The van der Waals surface area contributed by atoms with E-state index in [1.807, 2.05) is 42.5 Å². The van der Waals surface area contributed by atoms with Crippen molar-refractivity contribution in [2.24, 2.45) is 0 Å². The Bertz CT molecular complexity index is 1180. The molecule has 0 aliphatic carbocycles. The molecule has 0 aromatic heterocycles. The van der Waals surface area contributed by atoms with Gasteiger partial charge in [0.2, 0.25) is 0 Å². The average molecular weight is 811 g/mol. The van der Waals surface area contributed by atoms with Gasteiger partial charge in [0, 0.05) is 12.8 Å². The number of allylic oxidation sites excluding steroid dienone is 10. The number of ether oxygens (including phenoxy) is 2. The normalized spacial score (nSPS) is 15.2. The highest BCUT2D eigenvalue weighted by Crippen LogP contribution is 2.43. The molecule has 4 atom stereocenters. The van der Waals surface area contributed by atoms with Crippen LogP contribution in [0, 0.1) is 0 Å². The molecule has 0 aliphatic rings. The maximum atomic E-state index is 12.6. The van der Waals surface area contributed by atoms with E-state index in [9.17, 15) is 29.3 Å². The summed E-state index contributed by atoms with van der Waals surface area (Å²) in [5, 5.41) is 28.3. The number of phosphoric acid groups is 1. The van der Waals surface area contributed by atoms with E-state index in [2.05, 4.69) is 42.7 Å². The highest BCUT2D eigenvalue weighted by Gasteiger charge is 2.27. The number of carbonyl (C=O) groups is 2. The third-order valence-electron chi connectivity index (χ3n) is 8.43. The van der Waals surface area contributed by atoms with Gasteiger partial charge in [-0.2, -0.15) is 0 Å². The van der Waals surface area contributed by atoms with Crippen LogP contribution >= 0.6 is 7.82 Å². The van der Waals surface area contributed by atoms with Crippen molar-refractivity contribution in [2.45, 2.75) is 167 Å². The fourth-order valence-corrected chi connectivity index (χ4v) is 5.95. The molecule has 322 valence electrons. The Morgan fingerprint density at radius 2 is 1.20 bits per heavy atom. The number of unbranched alkanes of at least 4 members (excludes halogenated alkanes) is 12. The molecule has 0 amide bonds. The van der Waals surface area contributed by atoms with Crippen LogP contribution in [-0.4, -0.2) is 76.9 Å². The summed E-state index contributed by atoms with van der Waals surface area (Å²) in [6.45, 7) is 2.07. The Morgan fingerprint density at radius 1 is 0.625 bits per heavy atom. The molecule has 0 rings (SSSR count). The fraction of sp³-hybridized carbons (Fsp3) is 0.682. The van der Waals surface area contributed by atoms with Crippen LogP contribution in [0.2, 0.25) is 0 Å². The Hall–Kier alpha value is -2.63. The lowest BCUT2D eigenvalue weighted by atomic mass is 10.1. The predicted molar refractivity (Wildman–Crippen MR) is 225 cm³/mol. The van der Waals surface area contributed by atoms with Crippen molar-refractivity contribution in [1.82, 2.24) is 0 Å². The van der Waals surface area contributed by atoms with E-state index in [1.54, 1.807) is 6.08 Å². The molecule has 11 nitrogen and oxygen atoms in total. The highest BCUT2D eigenvalue weighted by atomic mass is 31.2. The summed E-state index contributed by atoms with van der Waals surface area (Å²) in [6.07, 6.45) is 40.4. The zero-order valence-electron chi connectivity index (χ0n) is 34.4. The number of rotatable bonds is 38. The molecular formula is C44H75O11P. The SMILES string of the molecule is CC/C=C\C/C=C\CC(O)/C=C/C=C\C/C=C\CCCC(=O)O[C@H](COC(=O)CCCCCCCCC/C=C\CCCCCC)COP(=O)(O)OC[C@@H](O)CO. The zero-order valence-corrected chi connectivity index (χ0v) is 35.3. The third kappa shape index (κ3) is 38.3. The molecule has 0 heterocycles. The first-order chi connectivity index (χ1) is 27.1. The van der Waals surface area contributed by atoms with Crippen molar-refractivity contribution >= 4 is 19.8 Å². The van der Waals surface area contributed by atoms with Crippen LogP contribution in [0.4, 0.5) is 0 Å². The Morgan fingerprint density at radius 3 is 1.89 bits per heavy atom. The lowest BCUT2D eigenvalue weighted by Gasteiger charge is -2.20. The fourth-order valence-electron chi connectivity index (χ4n) is 5.16. The maximum Gasteiger partial charge on any atom is 0.472 e. The van der Waals surface area contributed by atoms with Crippen molar-refractivity contribution in [3.8, 4) is 0 Å². The molecule has 12 heteroatoms. The Labute approximate surface area is 338 Å². The summed E-state index contributed by atoms with van der Waals surface area (Å²) in [5.41, 5.74) is 0. The van der Waals surface area contributed by atoms with Crippen LogP contribution in [0.1, 0.15) is 149 Å². The minimum atomic E-state index is -4.65. The van der Waals surface area contributed by atoms with Gasteiger partial charge in [0.15, 0.2) is 6.10 Å². The van der Waals surface area contributed by atoms with Crippen LogP contribution in [0.3, 0.4) is 0 Å². The van der Waals surface area contributed by atoms with Gasteiger partial charge in [0.25, 0.3) is 0 Å². The van der Waals surface area contributed by atoms with Crippen molar-refractivity contribution in [2.75, 3.05) is 26.4 Å². The van der Waals surface area contributed by atoms with Gasteiger partial charge < -0.3 is 29.7 Å². The molecule has 0 saturated carbocycles. The number of phosphoric ester groups is 1. The lowest BCUT2D eigenvalue weighted by Crippen LogP contribution is -2.29. The summed E-state index contributed by atoms with van der Waals surface area (Å²) in [5.74, 6) is -1.04. The van der Waals surface area contributed by atoms with Crippen LogP contribution in [0.25, 0.3) is 0 Å². The van der Waals surface area contributed by atoms with E-state index in [0.29, 0.717) is 32.1 Å². The van der Waals surface area contributed by atoms with Crippen LogP contribution in [0.5, 0.6) is 0 Å². The van der Waals surface area contributed by atoms with Gasteiger partial charge in [-0.3, -0.25) is 18.6 Å². The number of hydrogen-bond donors (Lipinski definition) is 4. The smallest absolute Gasteiger partial charge is 0.462 e. The molecule has 0 fully saturated rings. The van der Waals surface area contributed by atoms with Crippen molar-refractivity contribution in [1.29, 1.82) is 0 Å². The number of carbonyl (C=O) groups excluding carboxylic acids is 2. The number of hydrogen-bond acceptors (Lipinski definition) is 10. The summed E-state index contributed by atoms with van der Waals surface area (Å²) < 4.78 is 32.6. The van der Waals surface area contributed by atoms with Crippen LogP contribution < -0.4 is 0 Å². The van der Waals surface area contributed by atoms with Gasteiger partial charge in [-0.1, -0.05) is 138 Å². The van der Waals surface area contributed by atoms with Crippen molar-refractivity contribution in [3.63, 3.8) is 0 Å². The molecule has 0 aliphatic heterocycles. The minimum absolute atomic E-state index is 0.0698. The quantitative estimate of drug-likeness (QED) is 0.0154. The molecule has 0 aromatic rings. The molecule has 56 heavy (non-hydrogen) atoms. The molecule has 2 unspecified atom stereocenters. The Balaban J connectivity index is 4.50. The van der Waals surface area contributed by atoms with E-state index < -0.39 is 57.9 Å². The van der Waals surface area contributed by atoms with E-state index >= 15 is 0 Å². The molecule has 0 bridgehead atoms. The lowest BCUT2D eigenvalue weighted by molar-refractivity contribution is -0.161. The molecule has 0 spiro atoms. The maximum absolute atomic E-state index is 12.6. The Kier molecular flexibility index (Phi) is 37.4. The van der Waals surface area contributed by atoms with Gasteiger partial charge >= 0.3 is 19.8 Å². The number of aliphatic hydroxyl groups excluding tert-OH is 3.